The second kappa shape index (κ2) is 11.8. The molecule has 0 radical (unpaired) electrons. The maximum Gasteiger partial charge on any atom is 0.227 e. The Balaban J connectivity index is 1.10. The quantitative estimate of drug-likeness (QED) is 0.178. The lowest BCUT2D eigenvalue weighted by atomic mass is 9.99. The number of oxazole rings is 1. The molecule has 0 aliphatic carbocycles. The first-order chi connectivity index (χ1) is 26.2. The van der Waals surface area contributed by atoms with Crippen molar-refractivity contribution in [2.24, 2.45) is 0 Å². The molecular formula is C46H26N4O2S. The van der Waals surface area contributed by atoms with Crippen molar-refractivity contribution in [1.29, 1.82) is 0 Å². The number of fused-ring (bicyclic) bond motifs is 7. The van der Waals surface area contributed by atoms with E-state index in [0.29, 0.717) is 23.4 Å². The van der Waals surface area contributed by atoms with Crippen LogP contribution in [-0.2, 0) is 0 Å². The lowest BCUT2D eigenvalue weighted by Crippen LogP contribution is -2.00. The van der Waals surface area contributed by atoms with Crippen molar-refractivity contribution in [3.8, 4) is 56.7 Å². The third kappa shape index (κ3) is 4.93. The van der Waals surface area contributed by atoms with Crippen LogP contribution < -0.4 is 0 Å². The molecule has 0 fully saturated rings. The molecule has 0 saturated carbocycles. The summed E-state index contributed by atoms with van der Waals surface area (Å²) in [5, 5.41) is 4.37. The van der Waals surface area contributed by atoms with Gasteiger partial charge in [0.1, 0.15) is 16.7 Å². The molecule has 0 aliphatic rings. The van der Waals surface area contributed by atoms with E-state index in [1.54, 1.807) is 11.3 Å². The fraction of sp³-hybridized carbons (Fsp3) is 0. The van der Waals surface area contributed by atoms with E-state index in [9.17, 15) is 0 Å². The molecule has 0 spiro atoms. The molecule has 0 unspecified atom stereocenters. The molecule has 6 nitrogen and oxygen atoms in total. The third-order valence-corrected chi connectivity index (χ3v) is 11.0. The van der Waals surface area contributed by atoms with E-state index in [4.69, 9.17) is 28.8 Å². The number of thiophene rings is 1. The molecule has 0 saturated heterocycles. The molecule has 248 valence electrons. The Morgan fingerprint density at radius 1 is 0.396 bits per heavy atom. The summed E-state index contributed by atoms with van der Waals surface area (Å²) in [5.41, 5.74) is 8.95. The SMILES string of the molecule is c1ccc(-c2nc(-c3cccc4c3sc3ccccc34)nc(-c3cccc4oc5ccc(-c6cccc(-c7nc8ccccc8o7)c6)cc5c34)n2)cc1. The summed E-state index contributed by atoms with van der Waals surface area (Å²) < 4.78 is 14.9. The molecule has 0 bridgehead atoms. The molecule has 7 heteroatoms. The lowest BCUT2D eigenvalue weighted by Gasteiger charge is -2.10. The van der Waals surface area contributed by atoms with Crippen molar-refractivity contribution >= 4 is 64.5 Å². The number of hydrogen-bond acceptors (Lipinski definition) is 7. The summed E-state index contributed by atoms with van der Waals surface area (Å²) in [6.07, 6.45) is 0. The maximum absolute atomic E-state index is 6.46. The predicted octanol–water partition coefficient (Wildman–Crippen LogP) is 12.6. The molecular weight excluding hydrogens is 673 g/mol. The van der Waals surface area contributed by atoms with Gasteiger partial charge >= 0.3 is 0 Å². The molecule has 0 amide bonds. The maximum atomic E-state index is 6.46. The van der Waals surface area contributed by atoms with E-state index in [2.05, 4.69) is 72.8 Å². The van der Waals surface area contributed by atoms with Crippen molar-refractivity contribution < 1.29 is 8.83 Å². The van der Waals surface area contributed by atoms with E-state index < -0.39 is 0 Å². The normalized spacial score (nSPS) is 11.8. The largest absolute Gasteiger partial charge is 0.456 e. The zero-order chi connectivity index (χ0) is 34.9. The minimum Gasteiger partial charge on any atom is -0.456 e. The van der Waals surface area contributed by atoms with Crippen LogP contribution in [0.1, 0.15) is 0 Å². The second-order valence-electron chi connectivity index (χ2n) is 13.0. The number of furan rings is 1. The predicted molar refractivity (Wildman–Crippen MR) is 215 cm³/mol. The van der Waals surface area contributed by atoms with Gasteiger partial charge in [0, 0.05) is 53.2 Å². The van der Waals surface area contributed by atoms with Gasteiger partial charge in [-0.25, -0.2) is 19.9 Å². The van der Waals surface area contributed by atoms with Gasteiger partial charge in [0.2, 0.25) is 5.89 Å². The lowest BCUT2D eigenvalue weighted by molar-refractivity contribution is 0.620. The standard InChI is InChI=1S/C46H26N4O2S/c1-2-11-27(12-3-1)43-48-44(50-45(49-43)34-18-9-16-32-31-15-4-7-22-40(31)53-42(32)34)33-17-10-21-39-41(33)35-26-29(23-24-37(35)51-39)28-13-8-14-30(25-28)46-47-36-19-5-6-20-38(36)52-46/h1-26H. The van der Waals surface area contributed by atoms with Crippen LogP contribution in [-0.4, -0.2) is 19.9 Å². The van der Waals surface area contributed by atoms with Gasteiger partial charge in [0.05, 0.1) is 0 Å². The third-order valence-electron chi connectivity index (χ3n) is 9.79. The van der Waals surface area contributed by atoms with Crippen LogP contribution in [0.25, 0.3) is 110 Å². The fourth-order valence-electron chi connectivity index (χ4n) is 7.28. The minimum atomic E-state index is 0.587. The smallest absolute Gasteiger partial charge is 0.227 e. The van der Waals surface area contributed by atoms with Crippen LogP contribution in [0, 0.1) is 0 Å². The van der Waals surface area contributed by atoms with Gasteiger partial charge in [0.25, 0.3) is 0 Å². The molecule has 7 aromatic carbocycles. The molecule has 4 aromatic heterocycles. The van der Waals surface area contributed by atoms with Crippen molar-refractivity contribution in [2.45, 2.75) is 0 Å². The highest BCUT2D eigenvalue weighted by molar-refractivity contribution is 7.26. The number of para-hydroxylation sites is 2. The number of hydrogen-bond donors (Lipinski definition) is 0. The van der Waals surface area contributed by atoms with Gasteiger partial charge in [0.15, 0.2) is 23.1 Å². The Morgan fingerprint density at radius 3 is 2.00 bits per heavy atom. The van der Waals surface area contributed by atoms with Crippen LogP contribution >= 0.6 is 11.3 Å². The van der Waals surface area contributed by atoms with Crippen LogP contribution in [0.15, 0.2) is 167 Å². The van der Waals surface area contributed by atoms with Crippen LogP contribution in [0.5, 0.6) is 0 Å². The first-order valence-electron chi connectivity index (χ1n) is 17.4. The van der Waals surface area contributed by atoms with Crippen molar-refractivity contribution in [3.63, 3.8) is 0 Å². The second-order valence-corrected chi connectivity index (χ2v) is 14.1. The number of nitrogens with zero attached hydrogens (tertiary/aromatic N) is 4. The van der Waals surface area contributed by atoms with E-state index in [1.165, 1.54) is 15.5 Å². The summed E-state index contributed by atoms with van der Waals surface area (Å²) in [5.74, 6) is 2.43. The summed E-state index contributed by atoms with van der Waals surface area (Å²) in [7, 11) is 0. The van der Waals surface area contributed by atoms with E-state index >= 15 is 0 Å². The fourth-order valence-corrected chi connectivity index (χ4v) is 8.49. The van der Waals surface area contributed by atoms with Gasteiger partial charge in [-0.2, -0.15) is 0 Å². The number of aromatic nitrogens is 4. The Kier molecular flexibility index (Phi) is 6.62. The van der Waals surface area contributed by atoms with Gasteiger partial charge in [-0.3, -0.25) is 0 Å². The first-order valence-corrected chi connectivity index (χ1v) is 18.2. The molecule has 11 aromatic rings. The van der Waals surface area contributed by atoms with Gasteiger partial charge in [-0.05, 0) is 65.7 Å². The van der Waals surface area contributed by atoms with Crippen molar-refractivity contribution in [1.82, 2.24) is 19.9 Å². The van der Waals surface area contributed by atoms with Crippen LogP contribution in [0.4, 0.5) is 0 Å². The minimum absolute atomic E-state index is 0.587. The molecule has 0 N–H and O–H groups in total. The average Bonchev–Trinajstić information content (AvgIpc) is 3.94. The number of rotatable bonds is 5. The molecule has 0 aliphatic heterocycles. The van der Waals surface area contributed by atoms with E-state index in [-0.39, 0.29) is 0 Å². The van der Waals surface area contributed by atoms with Gasteiger partial charge in [-0.15, -0.1) is 11.3 Å². The molecule has 0 atom stereocenters. The Hall–Kier alpha value is -6.96. The van der Waals surface area contributed by atoms with Crippen LogP contribution in [0.3, 0.4) is 0 Å². The monoisotopic (exact) mass is 698 g/mol. The van der Waals surface area contributed by atoms with Crippen molar-refractivity contribution in [3.05, 3.63) is 158 Å². The highest BCUT2D eigenvalue weighted by Crippen LogP contribution is 2.42. The Morgan fingerprint density at radius 2 is 1.08 bits per heavy atom. The summed E-state index contributed by atoms with van der Waals surface area (Å²) >= 11 is 1.77. The molecule has 4 heterocycles. The van der Waals surface area contributed by atoms with Crippen molar-refractivity contribution in [2.75, 3.05) is 0 Å². The topological polar surface area (TPSA) is 77.8 Å². The zero-order valence-corrected chi connectivity index (χ0v) is 28.8. The Labute approximate surface area is 306 Å². The summed E-state index contributed by atoms with van der Waals surface area (Å²) in [6, 6.07) is 53.5. The zero-order valence-electron chi connectivity index (χ0n) is 28.0. The summed E-state index contributed by atoms with van der Waals surface area (Å²) in [4.78, 5) is 20.2. The molecule has 11 rings (SSSR count). The Bertz CT molecular complexity index is 3160. The van der Waals surface area contributed by atoms with Gasteiger partial charge < -0.3 is 8.83 Å². The van der Waals surface area contributed by atoms with E-state index in [1.807, 2.05) is 84.9 Å². The summed E-state index contributed by atoms with van der Waals surface area (Å²) in [6.45, 7) is 0. The van der Waals surface area contributed by atoms with Crippen LogP contribution in [0.2, 0.25) is 0 Å². The average molecular weight is 699 g/mol. The first kappa shape index (κ1) is 29.7. The van der Waals surface area contributed by atoms with Gasteiger partial charge in [-0.1, -0.05) is 103 Å². The van der Waals surface area contributed by atoms with E-state index in [0.717, 1.165) is 71.1 Å². The highest BCUT2D eigenvalue weighted by atomic mass is 32.1. The number of benzene rings is 7. The molecule has 53 heavy (non-hydrogen) atoms. The highest BCUT2D eigenvalue weighted by Gasteiger charge is 2.20.